The number of nitrogen functional groups attached to an aromatic ring is 1. The molecule has 3 aromatic heterocycles. The average Bonchev–Trinajstić information content (AvgIpc) is 3.75. The fraction of sp³-hybridized carbons (Fsp3) is 0.447. The SMILES string of the molecule is CN(C1CC2(C1)CN(CCC1CCN(c3ccc4c(c3)C(=O)N(C3CCC(=O)NC3=O)C4=O)CC1)C2)[C@H]1C[C@H](Oc2cc3ccn(-c4cc5c(N)cccc5cn4)c3cn2)C1. The number of carbonyl (C=O) groups is 4. The van der Waals surface area contributed by atoms with E-state index >= 15 is 0 Å². The van der Waals surface area contributed by atoms with Crippen LogP contribution in [-0.4, -0.2) is 117 Å². The van der Waals surface area contributed by atoms with E-state index in [1.165, 1.54) is 32.4 Å². The third kappa shape index (κ3) is 6.71. The Labute approximate surface area is 354 Å². The number of rotatable bonds is 10. The number of likely N-dealkylation sites (tertiary alicyclic amines) is 1. The highest BCUT2D eigenvalue weighted by Gasteiger charge is 2.54. The van der Waals surface area contributed by atoms with Gasteiger partial charge < -0.3 is 25.2 Å². The first-order chi connectivity index (χ1) is 29.6. The molecule has 314 valence electrons. The number of anilines is 2. The van der Waals surface area contributed by atoms with Crippen LogP contribution in [0.25, 0.3) is 27.5 Å². The molecular formula is C47H51N9O5. The molecule has 4 amide bonds. The maximum absolute atomic E-state index is 13.3. The van der Waals surface area contributed by atoms with Gasteiger partial charge in [-0.3, -0.25) is 34.0 Å². The number of nitrogens with zero attached hydrogens (tertiary/aromatic N) is 7. The van der Waals surface area contributed by atoms with Crippen molar-refractivity contribution in [2.45, 2.75) is 82.0 Å². The molecule has 0 radical (unpaired) electrons. The van der Waals surface area contributed by atoms with Crippen molar-refractivity contribution in [2.24, 2.45) is 11.3 Å². The summed E-state index contributed by atoms with van der Waals surface area (Å²) in [7, 11) is 2.30. The Kier molecular flexibility index (Phi) is 9.15. The van der Waals surface area contributed by atoms with Crippen molar-refractivity contribution in [1.82, 2.24) is 34.6 Å². The number of nitrogens with one attached hydrogen (secondary N) is 1. The molecule has 4 aliphatic heterocycles. The van der Waals surface area contributed by atoms with Crippen LogP contribution in [0.4, 0.5) is 11.4 Å². The van der Waals surface area contributed by atoms with Crippen LogP contribution < -0.4 is 20.7 Å². The van der Waals surface area contributed by atoms with E-state index in [2.05, 4.69) is 43.1 Å². The number of amides is 4. The van der Waals surface area contributed by atoms with Crippen LogP contribution in [0.3, 0.4) is 0 Å². The van der Waals surface area contributed by atoms with Gasteiger partial charge in [-0.25, -0.2) is 9.97 Å². The van der Waals surface area contributed by atoms with Crippen molar-refractivity contribution in [1.29, 1.82) is 0 Å². The molecule has 0 bridgehead atoms. The molecule has 61 heavy (non-hydrogen) atoms. The molecular weight excluding hydrogens is 771 g/mol. The highest BCUT2D eigenvalue weighted by Crippen LogP contribution is 2.51. The standard InChI is InChI=1S/C47H51N9O5/c1-52(32-18-34(19-32)61-43-17-29-12-16-55(40(29)25-50-43)41-21-36-30(24-49-41)3-2-4-38(36)48)33-22-47(23-33)26-53(27-47)13-9-28-10-14-54(15-11-28)31-5-6-35-37(20-31)46(60)56(45(35)59)39-7-8-42(57)51-44(39)58/h2-6,12,16-17,20-21,24-25,28,32-34,39H,7-11,13-15,18-19,22-23,26-27,48H2,1H3,(H,51,57,58)/t32-,34-,39?. The van der Waals surface area contributed by atoms with E-state index in [0.717, 1.165) is 89.1 Å². The molecule has 1 spiro atoms. The number of hydrogen-bond acceptors (Lipinski definition) is 11. The molecule has 7 heterocycles. The van der Waals surface area contributed by atoms with Gasteiger partial charge in [0.15, 0.2) is 0 Å². The normalized spacial score (nSPS) is 24.3. The number of nitrogens with two attached hydrogens (primary N) is 1. The number of carbonyl (C=O) groups excluding carboxylic acids is 4. The minimum atomic E-state index is -0.949. The number of fused-ring (bicyclic) bond motifs is 3. The van der Waals surface area contributed by atoms with Crippen LogP contribution in [0.2, 0.25) is 0 Å². The van der Waals surface area contributed by atoms with Gasteiger partial charge in [-0.15, -0.1) is 0 Å². The van der Waals surface area contributed by atoms with Crippen LogP contribution >= 0.6 is 0 Å². The second-order valence-electron chi connectivity index (χ2n) is 18.6. The molecule has 2 aliphatic carbocycles. The summed E-state index contributed by atoms with van der Waals surface area (Å²) in [6.07, 6.45) is 14.3. The summed E-state index contributed by atoms with van der Waals surface area (Å²) in [5, 5.41) is 5.33. The van der Waals surface area contributed by atoms with Crippen LogP contribution in [0.15, 0.2) is 73.2 Å². The van der Waals surface area contributed by atoms with Crippen molar-refractivity contribution in [2.75, 3.05) is 50.4 Å². The maximum Gasteiger partial charge on any atom is 0.262 e. The van der Waals surface area contributed by atoms with Crippen LogP contribution in [0.1, 0.15) is 78.5 Å². The number of hydrogen-bond donors (Lipinski definition) is 2. The van der Waals surface area contributed by atoms with E-state index in [0.29, 0.717) is 40.4 Å². The lowest BCUT2D eigenvalue weighted by Crippen LogP contribution is -2.67. The smallest absolute Gasteiger partial charge is 0.262 e. The summed E-state index contributed by atoms with van der Waals surface area (Å²) < 4.78 is 8.41. The minimum absolute atomic E-state index is 0.110. The Morgan fingerprint density at radius 2 is 1.69 bits per heavy atom. The minimum Gasteiger partial charge on any atom is -0.474 e. The van der Waals surface area contributed by atoms with E-state index < -0.39 is 23.8 Å². The Balaban J connectivity index is 0.601. The molecule has 3 N–H and O–H groups in total. The van der Waals surface area contributed by atoms with Crippen molar-refractivity contribution in [3.63, 3.8) is 0 Å². The lowest BCUT2D eigenvalue weighted by Gasteiger charge is -2.62. The van der Waals surface area contributed by atoms with Crippen LogP contribution in [0.5, 0.6) is 5.88 Å². The van der Waals surface area contributed by atoms with Gasteiger partial charge in [0.25, 0.3) is 11.8 Å². The lowest BCUT2D eigenvalue weighted by molar-refractivity contribution is -0.136. The second-order valence-corrected chi connectivity index (χ2v) is 18.6. The molecule has 14 heteroatoms. The number of benzene rings is 2. The van der Waals surface area contributed by atoms with Gasteiger partial charge in [-0.1, -0.05) is 12.1 Å². The van der Waals surface area contributed by atoms with Crippen molar-refractivity contribution in [3.8, 4) is 11.7 Å². The first-order valence-electron chi connectivity index (χ1n) is 21.9. The van der Waals surface area contributed by atoms with Gasteiger partial charge in [-0.05, 0) is 99.8 Å². The maximum atomic E-state index is 13.3. The Bertz CT molecular complexity index is 2600. The predicted molar refractivity (Wildman–Crippen MR) is 231 cm³/mol. The molecule has 14 nitrogen and oxygen atoms in total. The number of piperidine rings is 2. The summed E-state index contributed by atoms with van der Waals surface area (Å²) in [5.41, 5.74) is 10.1. The highest BCUT2D eigenvalue weighted by atomic mass is 16.5. The van der Waals surface area contributed by atoms with E-state index in [1.54, 1.807) is 6.07 Å². The predicted octanol–water partition coefficient (Wildman–Crippen LogP) is 5.17. The Hall–Kier alpha value is -5.86. The largest absolute Gasteiger partial charge is 0.474 e. The molecule has 2 aromatic carbocycles. The van der Waals surface area contributed by atoms with E-state index in [9.17, 15) is 19.2 Å². The van der Waals surface area contributed by atoms with Crippen molar-refractivity contribution >= 4 is 56.7 Å². The van der Waals surface area contributed by atoms with Gasteiger partial charge >= 0.3 is 0 Å². The quantitative estimate of drug-likeness (QED) is 0.142. The second kappa shape index (κ2) is 14.7. The summed E-state index contributed by atoms with van der Waals surface area (Å²) >= 11 is 0. The van der Waals surface area contributed by atoms with E-state index in [-0.39, 0.29) is 24.9 Å². The zero-order valence-corrected chi connectivity index (χ0v) is 34.5. The molecule has 6 aliphatic rings. The fourth-order valence-corrected chi connectivity index (χ4v) is 11.1. The fourth-order valence-electron chi connectivity index (χ4n) is 11.1. The van der Waals surface area contributed by atoms with Crippen LogP contribution in [-0.2, 0) is 9.59 Å². The molecule has 5 fully saturated rings. The van der Waals surface area contributed by atoms with Gasteiger partial charge in [0, 0.05) is 104 Å². The van der Waals surface area contributed by atoms with E-state index in [4.69, 9.17) is 10.5 Å². The molecule has 5 aromatic rings. The van der Waals surface area contributed by atoms with Gasteiger partial charge in [0.1, 0.15) is 18.0 Å². The molecule has 1 unspecified atom stereocenters. The third-order valence-corrected chi connectivity index (χ3v) is 14.8. The third-order valence-electron chi connectivity index (χ3n) is 14.8. The number of imide groups is 2. The molecule has 11 rings (SSSR count). The highest BCUT2D eigenvalue weighted by molar-refractivity contribution is 6.23. The van der Waals surface area contributed by atoms with Gasteiger partial charge in [0.05, 0.1) is 22.8 Å². The zero-order chi connectivity index (χ0) is 41.6. The lowest BCUT2D eigenvalue weighted by atomic mass is 9.59. The Morgan fingerprint density at radius 1 is 0.885 bits per heavy atom. The topological polar surface area (TPSA) is 159 Å². The Morgan fingerprint density at radius 3 is 2.49 bits per heavy atom. The van der Waals surface area contributed by atoms with Crippen molar-refractivity contribution < 1.29 is 23.9 Å². The first-order valence-corrected chi connectivity index (χ1v) is 21.9. The summed E-state index contributed by atoms with van der Waals surface area (Å²) in [4.78, 5) is 68.5. The number of aromatic nitrogens is 3. The summed E-state index contributed by atoms with van der Waals surface area (Å²) in [6, 6.07) is 17.7. The molecule has 3 saturated heterocycles. The molecule has 2 saturated carbocycles. The molecule has 1 atom stereocenters. The number of pyridine rings is 2. The van der Waals surface area contributed by atoms with Crippen molar-refractivity contribution in [3.05, 3.63) is 84.3 Å². The average molecular weight is 822 g/mol. The first kappa shape index (κ1) is 38.1. The monoisotopic (exact) mass is 821 g/mol. The zero-order valence-electron chi connectivity index (χ0n) is 34.5. The van der Waals surface area contributed by atoms with E-state index in [1.807, 2.05) is 65.6 Å². The summed E-state index contributed by atoms with van der Waals surface area (Å²) in [5.74, 6) is 0.273. The summed E-state index contributed by atoms with van der Waals surface area (Å²) in [6.45, 7) is 5.40. The van der Waals surface area contributed by atoms with Gasteiger partial charge in [-0.2, -0.15) is 0 Å². The van der Waals surface area contributed by atoms with Gasteiger partial charge in [0.2, 0.25) is 17.7 Å². The number of ether oxygens (including phenoxy) is 1. The van der Waals surface area contributed by atoms with Crippen LogP contribution in [0, 0.1) is 11.3 Å².